The standard InChI is InChI=1S/C9H5F2NOS/c10-6-1-2-7(8(11)3-6)9(13)4-14-5-12/h1-3H,4H2. The van der Waals surface area contributed by atoms with Crippen LogP contribution < -0.4 is 0 Å². The maximum Gasteiger partial charge on any atom is 0.176 e. The minimum absolute atomic E-state index is 0.126. The summed E-state index contributed by atoms with van der Waals surface area (Å²) in [5.74, 6) is -2.27. The minimum Gasteiger partial charge on any atom is -0.293 e. The third kappa shape index (κ3) is 2.54. The Bertz CT molecular complexity index is 400. The van der Waals surface area contributed by atoms with Gasteiger partial charge >= 0.3 is 0 Å². The molecule has 1 aromatic rings. The highest BCUT2D eigenvalue weighted by Gasteiger charge is 2.11. The van der Waals surface area contributed by atoms with E-state index < -0.39 is 17.4 Å². The molecular formula is C9H5F2NOS. The first kappa shape index (κ1) is 10.7. The molecule has 1 aromatic carbocycles. The molecule has 0 heterocycles. The smallest absolute Gasteiger partial charge is 0.176 e. The number of Topliss-reactive ketones (excluding diaryl/α,β-unsaturated/α-hetero) is 1. The maximum atomic E-state index is 13.0. The zero-order valence-electron chi connectivity index (χ0n) is 6.96. The van der Waals surface area contributed by atoms with Gasteiger partial charge in [0.15, 0.2) is 5.78 Å². The van der Waals surface area contributed by atoms with E-state index in [0.29, 0.717) is 6.07 Å². The first-order valence-corrected chi connectivity index (χ1v) is 4.63. The Balaban J connectivity index is 2.86. The number of hydrogen-bond acceptors (Lipinski definition) is 3. The monoisotopic (exact) mass is 213 g/mol. The number of benzene rings is 1. The van der Waals surface area contributed by atoms with E-state index in [0.717, 1.165) is 23.9 Å². The number of carbonyl (C=O) groups is 1. The van der Waals surface area contributed by atoms with Gasteiger partial charge in [-0.1, -0.05) is 0 Å². The van der Waals surface area contributed by atoms with Gasteiger partial charge in [0.25, 0.3) is 0 Å². The summed E-state index contributed by atoms with van der Waals surface area (Å²) in [4.78, 5) is 11.2. The lowest BCUT2D eigenvalue weighted by Gasteiger charge is -1.99. The van der Waals surface area contributed by atoms with E-state index in [2.05, 4.69) is 0 Å². The van der Waals surface area contributed by atoms with E-state index in [1.807, 2.05) is 0 Å². The van der Waals surface area contributed by atoms with Crippen LogP contribution in [0, 0.1) is 22.3 Å². The summed E-state index contributed by atoms with van der Waals surface area (Å²) in [6, 6.07) is 2.72. The second-order valence-electron chi connectivity index (χ2n) is 2.43. The van der Waals surface area contributed by atoms with Crippen molar-refractivity contribution in [1.29, 1.82) is 5.26 Å². The van der Waals surface area contributed by atoms with Crippen LogP contribution in [-0.2, 0) is 0 Å². The van der Waals surface area contributed by atoms with Crippen molar-refractivity contribution in [1.82, 2.24) is 0 Å². The summed E-state index contributed by atoms with van der Waals surface area (Å²) in [5, 5.41) is 9.88. The summed E-state index contributed by atoms with van der Waals surface area (Å²) in [6.45, 7) is 0. The third-order valence-electron chi connectivity index (χ3n) is 1.50. The number of halogens is 2. The lowest BCUT2D eigenvalue weighted by molar-refractivity contribution is 0.101. The fourth-order valence-electron chi connectivity index (χ4n) is 0.891. The quantitative estimate of drug-likeness (QED) is 0.571. The molecule has 0 amide bonds. The average Bonchev–Trinajstić information content (AvgIpc) is 2.14. The van der Waals surface area contributed by atoms with Crippen LogP contribution in [0.15, 0.2) is 18.2 Å². The van der Waals surface area contributed by atoms with Gasteiger partial charge in [0.1, 0.15) is 17.0 Å². The van der Waals surface area contributed by atoms with Gasteiger partial charge in [0.2, 0.25) is 0 Å². The molecule has 0 saturated carbocycles. The Labute approximate surface area is 83.5 Å². The van der Waals surface area contributed by atoms with Gasteiger partial charge in [0, 0.05) is 6.07 Å². The SMILES string of the molecule is N#CSCC(=O)c1ccc(F)cc1F. The largest absolute Gasteiger partial charge is 0.293 e. The van der Waals surface area contributed by atoms with Crippen LogP contribution in [0.25, 0.3) is 0 Å². The molecule has 0 atom stereocenters. The Morgan fingerprint density at radius 2 is 2.21 bits per heavy atom. The number of thiocyanates is 1. The van der Waals surface area contributed by atoms with E-state index in [9.17, 15) is 13.6 Å². The molecule has 0 radical (unpaired) electrons. The van der Waals surface area contributed by atoms with Crippen molar-refractivity contribution in [2.75, 3.05) is 5.75 Å². The lowest BCUT2D eigenvalue weighted by Crippen LogP contribution is -2.05. The predicted octanol–water partition coefficient (Wildman–Crippen LogP) is 2.36. The van der Waals surface area contributed by atoms with Crippen molar-refractivity contribution in [2.24, 2.45) is 0 Å². The van der Waals surface area contributed by atoms with Crippen molar-refractivity contribution in [3.05, 3.63) is 35.4 Å². The fourth-order valence-corrected chi connectivity index (χ4v) is 1.24. The van der Waals surface area contributed by atoms with Gasteiger partial charge in [0.05, 0.1) is 11.3 Å². The number of nitriles is 1. The van der Waals surface area contributed by atoms with Crippen LogP contribution in [0.4, 0.5) is 8.78 Å². The summed E-state index contributed by atoms with van der Waals surface area (Å²) in [7, 11) is 0. The molecule has 0 N–H and O–H groups in total. The molecule has 0 saturated heterocycles. The van der Waals surface area contributed by atoms with E-state index >= 15 is 0 Å². The molecule has 0 aliphatic carbocycles. The second kappa shape index (κ2) is 4.72. The Kier molecular flexibility index (Phi) is 3.60. The van der Waals surface area contributed by atoms with Crippen LogP contribution >= 0.6 is 11.8 Å². The first-order chi connectivity index (χ1) is 6.65. The fraction of sp³-hybridized carbons (Fsp3) is 0.111. The molecule has 14 heavy (non-hydrogen) atoms. The minimum atomic E-state index is -0.895. The molecule has 0 fully saturated rings. The van der Waals surface area contributed by atoms with Crippen LogP contribution in [-0.4, -0.2) is 11.5 Å². The van der Waals surface area contributed by atoms with Crippen LogP contribution in [0.1, 0.15) is 10.4 Å². The molecule has 5 heteroatoms. The molecule has 72 valence electrons. The molecule has 0 aromatic heterocycles. The van der Waals surface area contributed by atoms with Gasteiger partial charge in [-0.3, -0.25) is 4.79 Å². The Hall–Kier alpha value is -1.41. The molecule has 0 unspecified atom stereocenters. The number of thioether (sulfide) groups is 1. The van der Waals surface area contributed by atoms with Gasteiger partial charge in [-0.2, -0.15) is 5.26 Å². The first-order valence-electron chi connectivity index (χ1n) is 3.64. The average molecular weight is 213 g/mol. The van der Waals surface area contributed by atoms with Crippen LogP contribution in [0.3, 0.4) is 0 Å². The zero-order chi connectivity index (χ0) is 10.6. The molecule has 0 aliphatic heterocycles. The number of rotatable bonds is 3. The van der Waals surface area contributed by atoms with Crippen molar-refractivity contribution in [3.8, 4) is 5.40 Å². The van der Waals surface area contributed by atoms with Crippen molar-refractivity contribution in [3.63, 3.8) is 0 Å². The molecular weight excluding hydrogens is 208 g/mol. The van der Waals surface area contributed by atoms with Gasteiger partial charge in [-0.05, 0) is 23.9 Å². The number of hydrogen-bond donors (Lipinski definition) is 0. The molecule has 1 rings (SSSR count). The van der Waals surface area contributed by atoms with Crippen molar-refractivity contribution >= 4 is 17.5 Å². The third-order valence-corrected chi connectivity index (χ3v) is 2.03. The maximum absolute atomic E-state index is 13.0. The highest BCUT2D eigenvalue weighted by molar-refractivity contribution is 8.04. The number of carbonyl (C=O) groups excluding carboxylic acids is 1. The van der Waals surface area contributed by atoms with Gasteiger partial charge < -0.3 is 0 Å². The topological polar surface area (TPSA) is 40.9 Å². The summed E-state index contributed by atoms with van der Waals surface area (Å²) in [6.07, 6.45) is 0. The molecule has 2 nitrogen and oxygen atoms in total. The van der Waals surface area contributed by atoms with Crippen LogP contribution in [0.5, 0.6) is 0 Å². The number of ketones is 1. The lowest BCUT2D eigenvalue weighted by atomic mass is 10.1. The summed E-state index contributed by atoms with van der Waals surface area (Å²) in [5.41, 5.74) is -0.186. The molecule has 0 spiro atoms. The van der Waals surface area contributed by atoms with Gasteiger partial charge in [-0.15, -0.1) is 0 Å². The van der Waals surface area contributed by atoms with Gasteiger partial charge in [-0.25, -0.2) is 8.78 Å². The van der Waals surface area contributed by atoms with E-state index in [-0.39, 0.29) is 11.3 Å². The van der Waals surface area contributed by atoms with Crippen LogP contribution in [0.2, 0.25) is 0 Å². The zero-order valence-corrected chi connectivity index (χ0v) is 7.78. The summed E-state index contributed by atoms with van der Waals surface area (Å²) < 4.78 is 25.4. The predicted molar refractivity (Wildman–Crippen MR) is 48.8 cm³/mol. The highest BCUT2D eigenvalue weighted by Crippen LogP contribution is 2.12. The normalized spacial score (nSPS) is 9.50. The van der Waals surface area contributed by atoms with E-state index in [1.165, 1.54) is 0 Å². The van der Waals surface area contributed by atoms with E-state index in [4.69, 9.17) is 5.26 Å². The summed E-state index contributed by atoms with van der Waals surface area (Å²) >= 11 is 0.720. The number of nitrogens with zero attached hydrogens (tertiary/aromatic N) is 1. The van der Waals surface area contributed by atoms with Crippen molar-refractivity contribution in [2.45, 2.75) is 0 Å². The second-order valence-corrected chi connectivity index (χ2v) is 3.19. The van der Waals surface area contributed by atoms with Crippen molar-refractivity contribution < 1.29 is 13.6 Å². The molecule has 0 bridgehead atoms. The highest BCUT2D eigenvalue weighted by atomic mass is 32.2. The Morgan fingerprint density at radius 1 is 1.50 bits per heavy atom. The Morgan fingerprint density at radius 3 is 2.79 bits per heavy atom. The van der Waals surface area contributed by atoms with E-state index in [1.54, 1.807) is 5.40 Å². The molecule has 0 aliphatic rings.